The Hall–Kier alpha value is -1.77. The normalized spacial score (nSPS) is 12.1. The van der Waals surface area contributed by atoms with Gasteiger partial charge in [0.05, 0.1) is 0 Å². The first-order chi connectivity index (χ1) is 9.81. The van der Waals surface area contributed by atoms with Gasteiger partial charge in [0.2, 0.25) is 10.0 Å². The summed E-state index contributed by atoms with van der Waals surface area (Å²) in [5.74, 6) is -1.11. The van der Waals surface area contributed by atoms with E-state index in [0.29, 0.717) is 18.5 Å². The van der Waals surface area contributed by atoms with Crippen LogP contribution < -0.4 is 4.72 Å². The minimum atomic E-state index is -3.63. The van der Waals surface area contributed by atoms with Crippen molar-refractivity contribution in [1.82, 2.24) is 14.6 Å². The van der Waals surface area contributed by atoms with E-state index in [2.05, 4.69) is 9.71 Å². The molecule has 8 heteroatoms. The minimum absolute atomic E-state index is 0.0138. The first-order valence-corrected chi connectivity index (χ1v) is 7.80. The number of carboxylic acids is 1. The van der Waals surface area contributed by atoms with Crippen molar-refractivity contribution in [3.8, 4) is 0 Å². The van der Waals surface area contributed by atoms with E-state index in [1.54, 1.807) is 0 Å². The number of hydrogen-bond donors (Lipinski definition) is 2. The minimum Gasteiger partial charge on any atom is -0.478 e. The van der Waals surface area contributed by atoms with E-state index in [0.717, 1.165) is 12.6 Å². The largest absolute Gasteiger partial charge is 0.478 e. The van der Waals surface area contributed by atoms with E-state index in [-0.39, 0.29) is 4.90 Å². The molecule has 1 rings (SSSR count). The maximum atomic E-state index is 12.1. The number of pyridine rings is 1. The summed E-state index contributed by atoms with van der Waals surface area (Å²) in [6.07, 6.45) is 5.54. The Morgan fingerprint density at radius 2 is 2.14 bits per heavy atom. The maximum absolute atomic E-state index is 12.1. The van der Waals surface area contributed by atoms with Crippen LogP contribution in [0.2, 0.25) is 0 Å². The number of hydrogen-bond acceptors (Lipinski definition) is 5. The SMILES string of the molecule is CN(C)CCCNS(=O)(=O)c1cncc(C=CC(=O)O)c1. The van der Waals surface area contributed by atoms with Gasteiger partial charge in [-0.15, -0.1) is 0 Å². The first kappa shape index (κ1) is 17.3. The van der Waals surface area contributed by atoms with Gasteiger partial charge in [-0.2, -0.15) is 0 Å². The average Bonchev–Trinajstić information content (AvgIpc) is 2.41. The molecule has 1 heterocycles. The van der Waals surface area contributed by atoms with Crippen LogP contribution in [0.4, 0.5) is 0 Å². The number of aromatic nitrogens is 1. The Morgan fingerprint density at radius 3 is 2.76 bits per heavy atom. The molecule has 0 radical (unpaired) electrons. The zero-order valence-corrected chi connectivity index (χ0v) is 12.8. The van der Waals surface area contributed by atoms with Crippen molar-refractivity contribution in [3.63, 3.8) is 0 Å². The molecular weight excluding hydrogens is 294 g/mol. The van der Waals surface area contributed by atoms with E-state index in [1.165, 1.54) is 24.5 Å². The third kappa shape index (κ3) is 6.48. The Bertz CT molecular complexity index is 612. The lowest BCUT2D eigenvalue weighted by molar-refractivity contribution is -0.131. The van der Waals surface area contributed by atoms with Gasteiger partial charge in [0.15, 0.2) is 0 Å². The number of aliphatic carboxylic acids is 1. The van der Waals surface area contributed by atoms with Gasteiger partial charge < -0.3 is 10.0 Å². The number of carboxylic acid groups (broad SMARTS) is 1. The molecule has 0 spiro atoms. The summed E-state index contributed by atoms with van der Waals surface area (Å²) in [6, 6.07) is 1.38. The Labute approximate surface area is 124 Å². The quantitative estimate of drug-likeness (QED) is 0.533. The van der Waals surface area contributed by atoms with Crippen LogP contribution in [0.15, 0.2) is 29.4 Å². The van der Waals surface area contributed by atoms with Crippen molar-refractivity contribution >= 4 is 22.1 Å². The van der Waals surface area contributed by atoms with Crippen LogP contribution in [-0.4, -0.2) is 56.6 Å². The second-order valence-electron chi connectivity index (χ2n) is 4.68. The molecule has 0 amide bonds. The van der Waals surface area contributed by atoms with Gasteiger partial charge in [0.25, 0.3) is 0 Å². The van der Waals surface area contributed by atoms with Crippen LogP contribution in [0.5, 0.6) is 0 Å². The van der Waals surface area contributed by atoms with E-state index < -0.39 is 16.0 Å². The maximum Gasteiger partial charge on any atom is 0.328 e. The third-order valence-corrected chi connectivity index (χ3v) is 3.97. The van der Waals surface area contributed by atoms with Gasteiger partial charge >= 0.3 is 5.97 Å². The second-order valence-corrected chi connectivity index (χ2v) is 6.45. The average molecular weight is 313 g/mol. The molecule has 0 aromatic carbocycles. The van der Waals surface area contributed by atoms with Crippen LogP contribution in [0.1, 0.15) is 12.0 Å². The zero-order chi connectivity index (χ0) is 15.9. The van der Waals surface area contributed by atoms with Gasteiger partial charge in [-0.1, -0.05) is 0 Å². The highest BCUT2D eigenvalue weighted by atomic mass is 32.2. The summed E-state index contributed by atoms with van der Waals surface area (Å²) in [5, 5.41) is 8.55. The molecular formula is C13H19N3O4S. The molecule has 21 heavy (non-hydrogen) atoms. The van der Waals surface area contributed by atoms with Crippen LogP contribution in [0.25, 0.3) is 6.08 Å². The smallest absolute Gasteiger partial charge is 0.328 e. The molecule has 0 unspecified atom stereocenters. The van der Waals surface area contributed by atoms with Gasteiger partial charge in [-0.05, 0) is 44.8 Å². The Balaban J connectivity index is 2.74. The molecule has 0 atom stereocenters. The molecule has 1 aromatic heterocycles. The van der Waals surface area contributed by atoms with Gasteiger partial charge in [0.1, 0.15) is 4.90 Å². The highest BCUT2D eigenvalue weighted by Crippen LogP contribution is 2.10. The standard InChI is InChI=1S/C13H19N3O4S/c1-16(2)7-3-6-15-21(19,20)12-8-11(9-14-10-12)4-5-13(17)18/h4-5,8-10,15H,3,6-7H2,1-2H3,(H,17,18). The van der Waals surface area contributed by atoms with Crippen molar-refractivity contribution in [2.45, 2.75) is 11.3 Å². The summed E-state index contributed by atoms with van der Waals surface area (Å²) in [7, 11) is 0.195. The fourth-order valence-electron chi connectivity index (χ4n) is 1.53. The lowest BCUT2D eigenvalue weighted by Gasteiger charge is -2.10. The van der Waals surface area contributed by atoms with Gasteiger partial charge in [-0.3, -0.25) is 4.98 Å². The van der Waals surface area contributed by atoms with Crippen LogP contribution >= 0.6 is 0 Å². The molecule has 0 saturated heterocycles. The number of carbonyl (C=O) groups is 1. The molecule has 0 bridgehead atoms. The van der Waals surface area contributed by atoms with Crippen molar-refractivity contribution in [2.24, 2.45) is 0 Å². The van der Waals surface area contributed by atoms with Crippen molar-refractivity contribution in [1.29, 1.82) is 0 Å². The molecule has 0 aliphatic heterocycles. The summed E-state index contributed by atoms with van der Waals surface area (Å²) in [4.78, 5) is 16.2. The lowest BCUT2D eigenvalue weighted by atomic mass is 10.2. The van der Waals surface area contributed by atoms with Crippen LogP contribution in [-0.2, 0) is 14.8 Å². The number of rotatable bonds is 8. The predicted molar refractivity (Wildman–Crippen MR) is 79.3 cm³/mol. The molecule has 7 nitrogen and oxygen atoms in total. The van der Waals surface area contributed by atoms with E-state index in [4.69, 9.17) is 5.11 Å². The fourth-order valence-corrected chi connectivity index (χ4v) is 2.60. The second kappa shape index (κ2) is 7.87. The van der Waals surface area contributed by atoms with Gasteiger partial charge in [0, 0.05) is 25.0 Å². The lowest BCUT2D eigenvalue weighted by Crippen LogP contribution is -2.27. The third-order valence-electron chi connectivity index (χ3n) is 2.54. The Kier molecular flexibility index (Phi) is 6.47. The van der Waals surface area contributed by atoms with E-state index in [1.807, 2.05) is 19.0 Å². The summed E-state index contributed by atoms with van der Waals surface area (Å²) < 4.78 is 26.6. The number of nitrogens with zero attached hydrogens (tertiary/aromatic N) is 2. The topological polar surface area (TPSA) is 99.6 Å². The summed E-state index contributed by atoms with van der Waals surface area (Å²) in [6.45, 7) is 1.11. The van der Waals surface area contributed by atoms with Gasteiger partial charge in [-0.25, -0.2) is 17.9 Å². The number of sulfonamides is 1. The first-order valence-electron chi connectivity index (χ1n) is 6.32. The summed E-state index contributed by atoms with van der Waals surface area (Å²) in [5.41, 5.74) is 0.411. The highest BCUT2D eigenvalue weighted by molar-refractivity contribution is 7.89. The molecule has 0 fully saturated rings. The fraction of sp³-hybridized carbons (Fsp3) is 0.385. The highest BCUT2D eigenvalue weighted by Gasteiger charge is 2.13. The molecule has 116 valence electrons. The van der Waals surface area contributed by atoms with Crippen molar-refractivity contribution in [2.75, 3.05) is 27.2 Å². The monoisotopic (exact) mass is 313 g/mol. The molecule has 0 saturated carbocycles. The van der Waals surface area contributed by atoms with Crippen molar-refractivity contribution < 1.29 is 18.3 Å². The molecule has 2 N–H and O–H groups in total. The summed E-state index contributed by atoms with van der Waals surface area (Å²) >= 11 is 0. The van der Waals surface area contributed by atoms with Crippen LogP contribution in [0.3, 0.4) is 0 Å². The number of nitrogens with one attached hydrogen (secondary N) is 1. The van der Waals surface area contributed by atoms with Crippen molar-refractivity contribution in [3.05, 3.63) is 30.1 Å². The molecule has 1 aromatic rings. The zero-order valence-electron chi connectivity index (χ0n) is 12.0. The Morgan fingerprint density at radius 1 is 1.43 bits per heavy atom. The molecule has 0 aliphatic carbocycles. The predicted octanol–water partition coefficient (Wildman–Crippen LogP) is 0.409. The molecule has 0 aliphatic rings. The van der Waals surface area contributed by atoms with E-state index in [9.17, 15) is 13.2 Å². The van der Waals surface area contributed by atoms with E-state index >= 15 is 0 Å². The van der Waals surface area contributed by atoms with Crippen LogP contribution in [0, 0.1) is 0 Å².